The van der Waals surface area contributed by atoms with Gasteiger partial charge in [0.1, 0.15) is 5.75 Å². The van der Waals surface area contributed by atoms with Crippen molar-refractivity contribution >= 4 is 0 Å². The van der Waals surface area contributed by atoms with Gasteiger partial charge in [-0.05, 0) is 29.9 Å². The first-order valence-electron chi connectivity index (χ1n) is 7.98. The van der Waals surface area contributed by atoms with Crippen molar-refractivity contribution < 1.29 is 5.11 Å². The molecule has 1 rings (SSSR count). The molecule has 1 nitrogen and oxygen atoms in total. The molecule has 0 saturated heterocycles. The summed E-state index contributed by atoms with van der Waals surface area (Å²) < 4.78 is 0. The van der Waals surface area contributed by atoms with Crippen molar-refractivity contribution in [3.8, 4) is 5.75 Å². The number of hydrogen-bond acceptors (Lipinski definition) is 1. The molecule has 2 atom stereocenters. The number of benzene rings is 1. The van der Waals surface area contributed by atoms with Gasteiger partial charge in [-0.15, -0.1) is 0 Å². The van der Waals surface area contributed by atoms with Gasteiger partial charge in [0.05, 0.1) is 0 Å². The van der Waals surface area contributed by atoms with Crippen LogP contribution < -0.4 is 0 Å². The van der Waals surface area contributed by atoms with Crippen LogP contribution in [0.15, 0.2) is 24.3 Å². The van der Waals surface area contributed by atoms with Gasteiger partial charge >= 0.3 is 0 Å². The highest BCUT2D eigenvalue weighted by Crippen LogP contribution is 2.37. The van der Waals surface area contributed by atoms with E-state index in [1.165, 1.54) is 44.9 Å². The molecule has 1 aromatic carbocycles. The Balaban J connectivity index is 2.76. The van der Waals surface area contributed by atoms with E-state index in [0.717, 1.165) is 5.56 Å². The largest absolute Gasteiger partial charge is 0.508 e. The van der Waals surface area contributed by atoms with Crippen molar-refractivity contribution in [1.29, 1.82) is 0 Å². The SMILES string of the molecule is CCCCCC(c1ccccc1O)C(C)CCCC. The Morgan fingerprint density at radius 1 is 0.947 bits per heavy atom. The van der Waals surface area contributed by atoms with Crippen molar-refractivity contribution in [2.24, 2.45) is 5.92 Å². The molecule has 0 spiro atoms. The maximum atomic E-state index is 10.1. The van der Waals surface area contributed by atoms with Crippen LogP contribution in [0.5, 0.6) is 5.75 Å². The molecule has 0 aromatic heterocycles. The highest BCUT2D eigenvalue weighted by molar-refractivity contribution is 5.35. The molecule has 19 heavy (non-hydrogen) atoms. The highest BCUT2D eigenvalue weighted by atomic mass is 16.3. The van der Waals surface area contributed by atoms with Gasteiger partial charge < -0.3 is 5.11 Å². The molecular weight excluding hydrogens is 232 g/mol. The minimum atomic E-state index is 0.479. The number of rotatable bonds is 9. The number of hydrogen-bond donors (Lipinski definition) is 1. The molecule has 0 saturated carbocycles. The highest BCUT2D eigenvalue weighted by Gasteiger charge is 2.21. The van der Waals surface area contributed by atoms with E-state index in [-0.39, 0.29) is 0 Å². The fraction of sp³-hybridized carbons (Fsp3) is 0.667. The van der Waals surface area contributed by atoms with Crippen molar-refractivity contribution in [3.05, 3.63) is 29.8 Å². The number of unbranched alkanes of at least 4 members (excludes halogenated alkanes) is 3. The summed E-state index contributed by atoms with van der Waals surface area (Å²) in [7, 11) is 0. The number of phenols is 1. The predicted molar refractivity (Wildman–Crippen MR) is 83.7 cm³/mol. The maximum Gasteiger partial charge on any atom is 0.119 e. The molecule has 0 fully saturated rings. The standard InChI is InChI=1S/C18H30O/c1-4-6-8-12-16(15(3)11-7-5-2)17-13-9-10-14-18(17)19/h9-10,13-16,19H,4-8,11-12H2,1-3H3. The fourth-order valence-electron chi connectivity index (χ4n) is 2.89. The Morgan fingerprint density at radius 2 is 1.63 bits per heavy atom. The monoisotopic (exact) mass is 262 g/mol. The second-order valence-corrected chi connectivity index (χ2v) is 5.78. The smallest absolute Gasteiger partial charge is 0.119 e. The van der Waals surface area contributed by atoms with E-state index in [2.05, 4.69) is 32.9 Å². The van der Waals surface area contributed by atoms with Crippen molar-refractivity contribution in [2.45, 2.75) is 71.6 Å². The molecule has 0 radical (unpaired) electrons. The summed E-state index contributed by atoms with van der Waals surface area (Å²) in [6.07, 6.45) is 8.84. The van der Waals surface area contributed by atoms with Crippen LogP contribution in [0.4, 0.5) is 0 Å². The zero-order valence-corrected chi connectivity index (χ0v) is 12.9. The van der Waals surface area contributed by atoms with Crippen LogP contribution in [0.25, 0.3) is 0 Å². The molecule has 1 N–H and O–H groups in total. The lowest BCUT2D eigenvalue weighted by Crippen LogP contribution is -2.10. The molecule has 108 valence electrons. The van der Waals surface area contributed by atoms with Crippen LogP contribution in [0.2, 0.25) is 0 Å². The Bertz CT molecular complexity index is 345. The summed E-state index contributed by atoms with van der Waals surface area (Å²) in [6, 6.07) is 7.90. The Hall–Kier alpha value is -0.980. The van der Waals surface area contributed by atoms with Crippen molar-refractivity contribution in [3.63, 3.8) is 0 Å². The predicted octanol–water partition coefficient (Wildman–Crippen LogP) is 5.88. The van der Waals surface area contributed by atoms with Gasteiger partial charge in [0.25, 0.3) is 0 Å². The molecule has 0 aliphatic heterocycles. The van der Waals surface area contributed by atoms with Gasteiger partial charge in [-0.1, -0.05) is 77.5 Å². The molecule has 1 heteroatoms. The van der Waals surface area contributed by atoms with Crippen LogP contribution in [-0.2, 0) is 0 Å². The summed E-state index contributed by atoms with van der Waals surface area (Å²) in [4.78, 5) is 0. The van der Waals surface area contributed by atoms with E-state index in [1.807, 2.05) is 12.1 Å². The first-order valence-corrected chi connectivity index (χ1v) is 7.98. The van der Waals surface area contributed by atoms with Gasteiger partial charge in [-0.2, -0.15) is 0 Å². The van der Waals surface area contributed by atoms with E-state index in [4.69, 9.17) is 0 Å². The zero-order chi connectivity index (χ0) is 14.1. The summed E-state index contributed by atoms with van der Waals surface area (Å²) in [6.45, 7) is 6.84. The quantitative estimate of drug-likeness (QED) is 0.551. The number of phenolic OH excluding ortho intramolecular Hbond substituents is 1. The Labute approximate surface area is 119 Å². The minimum absolute atomic E-state index is 0.479. The minimum Gasteiger partial charge on any atom is -0.508 e. The average molecular weight is 262 g/mol. The van der Waals surface area contributed by atoms with E-state index < -0.39 is 0 Å². The normalized spacial score (nSPS) is 14.3. The van der Waals surface area contributed by atoms with Gasteiger partial charge in [-0.25, -0.2) is 0 Å². The second-order valence-electron chi connectivity index (χ2n) is 5.78. The molecule has 0 aliphatic rings. The van der Waals surface area contributed by atoms with Crippen LogP contribution >= 0.6 is 0 Å². The first kappa shape index (κ1) is 16.1. The lowest BCUT2D eigenvalue weighted by molar-refractivity contribution is 0.369. The van der Waals surface area contributed by atoms with E-state index in [1.54, 1.807) is 0 Å². The van der Waals surface area contributed by atoms with Crippen LogP contribution in [0.3, 0.4) is 0 Å². The molecule has 0 bridgehead atoms. The van der Waals surface area contributed by atoms with Gasteiger partial charge in [0, 0.05) is 0 Å². The van der Waals surface area contributed by atoms with Gasteiger partial charge in [0.15, 0.2) is 0 Å². The first-order chi connectivity index (χ1) is 9.20. The number of para-hydroxylation sites is 1. The lowest BCUT2D eigenvalue weighted by Gasteiger charge is -2.25. The maximum absolute atomic E-state index is 10.1. The van der Waals surface area contributed by atoms with E-state index in [0.29, 0.717) is 17.6 Å². The van der Waals surface area contributed by atoms with Gasteiger partial charge in [-0.3, -0.25) is 0 Å². The van der Waals surface area contributed by atoms with Crippen LogP contribution in [0.1, 0.15) is 77.2 Å². The lowest BCUT2D eigenvalue weighted by atomic mass is 9.80. The van der Waals surface area contributed by atoms with Gasteiger partial charge in [0.2, 0.25) is 0 Å². The summed E-state index contributed by atoms with van der Waals surface area (Å²) in [5.41, 5.74) is 1.15. The van der Waals surface area contributed by atoms with Crippen molar-refractivity contribution in [2.75, 3.05) is 0 Å². The zero-order valence-electron chi connectivity index (χ0n) is 12.9. The molecule has 0 heterocycles. The molecule has 0 amide bonds. The third-order valence-electron chi connectivity index (χ3n) is 4.15. The molecular formula is C18H30O. The van der Waals surface area contributed by atoms with Crippen molar-refractivity contribution in [1.82, 2.24) is 0 Å². The Kier molecular flexibility index (Phi) is 7.62. The summed E-state index contributed by atoms with van der Waals surface area (Å²) in [5, 5.41) is 10.1. The summed E-state index contributed by atoms with van der Waals surface area (Å²) in [5.74, 6) is 1.65. The van der Waals surface area contributed by atoms with Crippen LogP contribution in [0, 0.1) is 5.92 Å². The molecule has 0 aliphatic carbocycles. The molecule has 2 unspecified atom stereocenters. The van der Waals surface area contributed by atoms with E-state index in [9.17, 15) is 5.11 Å². The third kappa shape index (κ3) is 5.26. The molecule has 1 aromatic rings. The van der Waals surface area contributed by atoms with Crippen LogP contribution in [-0.4, -0.2) is 5.11 Å². The Morgan fingerprint density at radius 3 is 2.26 bits per heavy atom. The second kappa shape index (κ2) is 9.01. The van der Waals surface area contributed by atoms with E-state index >= 15 is 0 Å². The topological polar surface area (TPSA) is 20.2 Å². The average Bonchev–Trinajstić information content (AvgIpc) is 2.42. The fourth-order valence-corrected chi connectivity index (χ4v) is 2.89. The number of aromatic hydroxyl groups is 1. The summed E-state index contributed by atoms with van der Waals surface area (Å²) >= 11 is 0. The third-order valence-corrected chi connectivity index (χ3v) is 4.15.